The average Bonchev–Trinajstić information content (AvgIpc) is 2.63. The van der Waals surface area contributed by atoms with E-state index < -0.39 is 0 Å². The van der Waals surface area contributed by atoms with E-state index in [1.54, 1.807) is 16.9 Å². The lowest BCUT2D eigenvalue weighted by Gasteiger charge is -1.92. The summed E-state index contributed by atoms with van der Waals surface area (Å²) < 4.78 is 7.97. The van der Waals surface area contributed by atoms with E-state index in [-0.39, 0.29) is 16.1 Å². The summed E-state index contributed by atoms with van der Waals surface area (Å²) in [6.45, 7) is 0. The van der Waals surface area contributed by atoms with E-state index in [9.17, 15) is 4.79 Å². The van der Waals surface area contributed by atoms with Crippen LogP contribution in [-0.4, -0.2) is 5.97 Å². The van der Waals surface area contributed by atoms with E-state index >= 15 is 0 Å². The van der Waals surface area contributed by atoms with Crippen LogP contribution in [0, 0.1) is 0 Å². The lowest BCUT2D eigenvalue weighted by Crippen LogP contribution is -2.06. The Morgan fingerprint density at radius 1 is 1.58 bits per heavy atom. The van der Waals surface area contributed by atoms with Gasteiger partial charge in [-0.1, -0.05) is 0 Å². The molecule has 2 rings (SSSR count). The van der Waals surface area contributed by atoms with Crippen molar-refractivity contribution in [2.24, 2.45) is 0 Å². The number of cyclic esters (lactones) is 1. The maximum absolute atomic E-state index is 10.6. The maximum atomic E-state index is 10.6. The number of carbonyl (C=O) groups is 1. The number of ether oxygens (including phenoxy) is 1. The number of nitrogens with one attached hydrogen (secondary N) is 1. The Morgan fingerprint density at radius 3 is 3.08 bits per heavy atom. The molecule has 0 spiro atoms. The van der Waals surface area contributed by atoms with Crippen LogP contribution in [0.5, 0.6) is 0 Å². The third kappa shape index (κ3) is 1.67. The van der Waals surface area contributed by atoms with Gasteiger partial charge in [-0.05, 0) is 6.08 Å². The van der Waals surface area contributed by atoms with Crippen LogP contribution >= 0.6 is 10.8 Å². The first kappa shape index (κ1) is 7.82. The van der Waals surface area contributed by atoms with Crippen LogP contribution in [0.2, 0.25) is 0 Å². The molecule has 0 aliphatic carbocycles. The topological polar surface area (TPSA) is 38.3 Å². The van der Waals surface area contributed by atoms with Crippen LogP contribution < -0.4 is 4.72 Å². The first-order valence-electron chi connectivity index (χ1n) is 3.28. The molecule has 3 nitrogen and oxygen atoms in total. The standard InChI is InChI=1S/C7H6NO2S2/c9-7-2-1-6(10-7)5-12-8-3-4-11-12/h1-5,8H/q+1. The van der Waals surface area contributed by atoms with Crippen LogP contribution in [0.25, 0.3) is 0 Å². The van der Waals surface area contributed by atoms with Crippen LogP contribution in [0.1, 0.15) is 0 Å². The summed E-state index contributed by atoms with van der Waals surface area (Å²) in [5, 5.41) is 3.87. The van der Waals surface area contributed by atoms with Gasteiger partial charge in [0, 0.05) is 11.5 Å². The Bertz CT molecular complexity index is 288. The lowest BCUT2D eigenvalue weighted by atomic mass is 10.5. The molecule has 2 aliphatic heterocycles. The highest BCUT2D eigenvalue weighted by molar-refractivity contribution is 8.76. The second kappa shape index (κ2) is 3.28. The number of rotatable bonds is 1. The average molecular weight is 200 g/mol. The van der Waals surface area contributed by atoms with Gasteiger partial charge < -0.3 is 4.74 Å². The van der Waals surface area contributed by atoms with Crippen LogP contribution in [-0.2, 0) is 19.6 Å². The molecule has 0 radical (unpaired) electrons. The molecule has 0 fully saturated rings. The Hall–Kier alpha value is -0.810. The van der Waals surface area contributed by atoms with Crippen molar-refractivity contribution >= 4 is 26.9 Å². The highest BCUT2D eigenvalue weighted by atomic mass is 33.1. The van der Waals surface area contributed by atoms with Crippen molar-refractivity contribution < 1.29 is 9.53 Å². The first-order chi connectivity index (χ1) is 5.84. The van der Waals surface area contributed by atoms with Crippen LogP contribution in [0.4, 0.5) is 0 Å². The number of allylic oxidation sites excluding steroid dienone is 1. The van der Waals surface area contributed by atoms with Crippen molar-refractivity contribution in [2.45, 2.75) is 0 Å². The molecular formula is C7H6NO2S2+. The zero-order valence-corrected chi connectivity index (χ0v) is 7.65. The van der Waals surface area contributed by atoms with E-state index in [0.717, 1.165) is 0 Å². The molecule has 2 aliphatic rings. The fraction of sp³-hybridized carbons (Fsp3) is 0. The number of hydrogen-bond acceptors (Lipinski definition) is 4. The second-order valence-electron chi connectivity index (χ2n) is 2.09. The first-order valence-corrected chi connectivity index (χ1v) is 5.96. The molecule has 12 heavy (non-hydrogen) atoms. The zero-order valence-electron chi connectivity index (χ0n) is 6.02. The van der Waals surface area contributed by atoms with Gasteiger partial charge in [-0.2, -0.15) is 4.72 Å². The molecule has 0 saturated carbocycles. The fourth-order valence-corrected chi connectivity index (χ4v) is 3.13. The highest BCUT2D eigenvalue weighted by Gasteiger charge is 2.23. The van der Waals surface area contributed by atoms with Gasteiger partial charge in [0.05, 0.1) is 6.20 Å². The number of esters is 1. The van der Waals surface area contributed by atoms with E-state index in [1.807, 2.05) is 17.0 Å². The minimum Gasteiger partial charge on any atom is -0.419 e. The van der Waals surface area contributed by atoms with E-state index in [1.165, 1.54) is 6.08 Å². The van der Waals surface area contributed by atoms with Gasteiger partial charge in [-0.3, -0.25) is 0 Å². The summed E-state index contributed by atoms with van der Waals surface area (Å²) in [5.74, 6) is 0.342. The Kier molecular flexibility index (Phi) is 2.14. The van der Waals surface area contributed by atoms with Gasteiger partial charge in [-0.15, -0.1) is 0 Å². The predicted molar refractivity (Wildman–Crippen MR) is 50.5 cm³/mol. The SMILES string of the molecule is O=C1C=CC(=C[S+]2NC=CS2)O1. The molecule has 1 atom stereocenters. The molecule has 2 heterocycles. The van der Waals surface area contributed by atoms with E-state index in [0.29, 0.717) is 5.76 Å². The molecule has 0 bridgehead atoms. The van der Waals surface area contributed by atoms with Crippen molar-refractivity contribution in [1.29, 1.82) is 0 Å². The summed E-state index contributed by atoms with van der Waals surface area (Å²) in [6, 6.07) is 0. The van der Waals surface area contributed by atoms with Gasteiger partial charge in [0.1, 0.15) is 0 Å². The van der Waals surface area contributed by atoms with E-state index in [2.05, 4.69) is 4.72 Å². The number of carbonyl (C=O) groups excluding carboxylic acids is 1. The molecule has 0 aromatic carbocycles. The zero-order chi connectivity index (χ0) is 8.39. The van der Waals surface area contributed by atoms with Crippen molar-refractivity contribution in [1.82, 2.24) is 4.72 Å². The van der Waals surface area contributed by atoms with Crippen molar-refractivity contribution in [3.8, 4) is 0 Å². The van der Waals surface area contributed by atoms with Gasteiger partial charge in [-0.25, -0.2) is 4.79 Å². The third-order valence-corrected chi connectivity index (χ3v) is 4.04. The van der Waals surface area contributed by atoms with Gasteiger partial charge >= 0.3 is 5.97 Å². The summed E-state index contributed by atoms with van der Waals surface area (Å²) >= 11 is 0. The van der Waals surface area contributed by atoms with Crippen molar-refractivity contribution in [3.63, 3.8) is 0 Å². The maximum Gasteiger partial charge on any atom is 0.336 e. The third-order valence-electron chi connectivity index (χ3n) is 1.24. The largest absolute Gasteiger partial charge is 0.419 e. The summed E-state index contributed by atoms with van der Waals surface area (Å²) in [4.78, 5) is 10.6. The Labute approximate surface area is 76.4 Å². The molecule has 1 unspecified atom stereocenters. The molecule has 62 valence electrons. The summed E-state index contributed by atoms with van der Waals surface area (Å²) in [7, 11) is 1.60. The van der Waals surface area contributed by atoms with Crippen LogP contribution in [0.15, 0.2) is 34.9 Å². The van der Waals surface area contributed by atoms with Crippen LogP contribution in [0.3, 0.4) is 0 Å². The Morgan fingerprint density at radius 2 is 2.50 bits per heavy atom. The van der Waals surface area contributed by atoms with Gasteiger partial charge in [0.2, 0.25) is 15.5 Å². The van der Waals surface area contributed by atoms with Crippen molar-refractivity contribution in [2.75, 3.05) is 0 Å². The molecule has 0 aromatic rings. The van der Waals surface area contributed by atoms with Crippen molar-refractivity contribution in [3.05, 3.63) is 34.9 Å². The smallest absolute Gasteiger partial charge is 0.336 e. The molecule has 0 saturated heterocycles. The quantitative estimate of drug-likeness (QED) is 0.392. The summed E-state index contributed by atoms with van der Waals surface area (Å²) in [5.41, 5.74) is 0. The van der Waals surface area contributed by atoms with Gasteiger partial charge in [0.25, 0.3) is 0 Å². The second-order valence-corrected chi connectivity index (χ2v) is 5.27. The molecule has 5 heteroatoms. The molecule has 0 amide bonds. The minimum atomic E-state index is -0.290. The lowest BCUT2D eigenvalue weighted by molar-refractivity contribution is -0.132. The normalized spacial score (nSPS) is 29.5. The summed E-state index contributed by atoms with van der Waals surface area (Å²) in [6.07, 6.45) is 4.98. The highest BCUT2D eigenvalue weighted by Crippen LogP contribution is 2.24. The Balaban J connectivity index is 2.00. The minimum absolute atomic E-state index is 0.0670. The monoisotopic (exact) mass is 200 g/mol. The molecular weight excluding hydrogens is 194 g/mol. The molecule has 1 N–H and O–H groups in total. The van der Waals surface area contributed by atoms with E-state index in [4.69, 9.17) is 4.74 Å². The molecule has 0 aromatic heterocycles. The number of hydrogen-bond donors (Lipinski definition) is 1. The van der Waals surface area contributed by atoms with Gasteiger partial charge in [0.15, 0.2) is 16.6 Å². The predicted octanol–water partition coefficient (Wildman–Crippen LogP) is 1.20. The fourth-order valence-electron chi connectivity index (χ4n) is 0.775.